The third kappa shape index (κ3) is 7.76. The van der Waals surface area contributed by atoms with Crippen molar-refractivity contribution in [3.63, 3.8) is 0 Å². The Morgan fingerprint density at radius 2 is 2.00 bits per heavy atom. The van der Waals surface area contributed by atoms with Crippen molar-refractivity contribution in [2.24, 2.45) is 12.0 Å². The van der Waals surface area contributed by atoms with Gasteiger partial charge in [-0.15, -0.1) is 24.0 Å². The number of nitrogens with zero attached hydrogens (tertiary/aromatic N) is 3. The Bertz CT molecular complexity index is 713. The number of guanidine groups is 1. The standard InChI is InChI=1S/C19H29N5O2.HI/c1-5-20-18(21-10-11-26-17-8-6-15(2)7-9-17)22-14-19(3,25)16-12-23-24(4)13-16;/h6-9,12-13,25H,5,10-11,14H2,1-4H3,(H2,20,21,22);1H. The van der Waals surface area contributed by atoms with E-state index in [1.54, 1.807) is 24.0 Å². The third-order valence-electron chi connectivity index (χ3n) is 3.90. The molecular formula is C19H30IN5O2. The zero-order chi connectivity index (χ0) is 19.0. The summed E-state index contributed by atoms with van der Waals surface area (Å²) in [6, 6.07) is 7.96. The van der Waals surface area contributed by atoms with E-state index in [1.807, 2.05) is 45.2 Å². The van der Waals surface area contributed by atoms with E-state index in [4.69, 9.17) is 4.74 Å². The zero-order valence-corrected chi connectivity index (χ0v) is 18.7. The second kappa shape index (κ2) is 11.1. The number of aryl methyl sites for hydroxylation is 2. The summed E-state index contributed by atoms with van der Waals surface area (Å²) in [5.74, 6) is 1.49. The Balaban J connectivity index is 0.00000364. The van der Waals surface area contributed by atoms with Crippen LogP contribution >= 0.6 is 24.0 Å². The number of rotatable bonds is 8. The zero-order valence-electron chi connectivity index (χ0n) is 16.4. The molecule has 0 radical (unpaired) electrons. The van der Waals surface area contributed by atoms with Crippen molar-refractivity contribution in [2.45, 2.75) is 26.4 Å². The average molecular weight is 487 g/mol. The summed E-state index contributed by atoms with van der Waals surface area (Å²) < 4.78 is 7.37. The van der Waals surface area contributed by atoms with Crippen LogP contribution in [0.25, 0.3) is 0 Å². The van der Waals surface area contributed by atoms with Gasteiger partial charge in [0.05, 0.1) is 19.3 Å². The maximum absolute atomic E-state index is 10.6. The normalized spacial score (nSPS) is 13.4. The predicted octanol–water partition coefficient (Wildman–Crippen LogP) is 2.19. The van der Waals surface area contributed by atoms with Gasteiger partial charge in [0.2, 0.25) is 0 Å². The first-order valence-electron chi connectivity index (χ1n) is 8.84. The van der Waals surface area contributed by atoms with Crippen LogP contribution in [0.15, 0.2) is 41.7 Å². The van der Waals surface area contributed by atoms with Gasteiger partial charge in [0.1, 0.15) is 18.0 Å². The molecule has 0 fully saturated rings. The molecular weight excluding hydrogens is 457 g/mol. The summed E-state index contributed by atoms with van der Waals surface area (Å²) >= 11 is 0. The molecule has 150 valence electrons. The maximum atomic E-state index is 10.6. The van der Waals surface area contributed by atoms with Crippen molar-refractivity contribution in [1.82, 2.24) is 20.4 Å². The number of aliphatic hydroxyl groups is 1. The minimum absolute atomic E-state index is 0. The average Bonchev–Trinajstić information content (AvgIpc) is 3.05. The second-order valence-corrected chi connectivity index (χ2v) is 6.46. The van der Waals surface area contributed by atoms with Crippen LogP contribution in [0.3, 0.4) is 0 Å². The molecule has 27 heavy (non-hydrogen) atoms. The first kappa shape index (κ1) is 23.2. The molecule has 0 aliphatic carbocycles. The minimum Gasteiger partial charge on any atom is -0.492 e. The van der Waals surface area contributed by atoms with Gasteiger partial charge in [0.15, 0.2) is 5.96 Å². The summed E-state index contributed by atoms with van der Waals surface area (Å²) in [6.45, 7) is 7.87. The monoisotopic (exact) mass is 487 g/mol. The molecule has 0 amide bonds. The van der Waals surface area contributed by atoms with Crippen molar-refractivity contribution < 1.29 is 9.84 Å². The minimum atomic E-state index is -1.07. The number of hydrogen-bond donors (Lipinski definition) is 3. The van der Waals surface area contributed by atoms with Crippen LogP contribution in [0, 0.1) is 6.92 Å². The third-order valence-corrected chi connectivity index (χ3v) is 3.90. The predicted molar refractivity (Wildman–Crippen MR) is 119 cm³/mol. The van der Waals surface area contributed by atoms with Crippen molar-refractivity contribution >= 4 is 29.9 Å². The molecule has 0 aliphatic rings. The molecule has 0 aliphatic heterocycles. The van der Waals surface area contributed by atoms with Crippen LogP contribution in [-0.2, 0) is 12.6 Å². The fourth-order valence-corrected chi connectivity index (χ4v) is 2.34. The van der Waals surface area contributed by atoms with Gasteiger partial charge < -0.3 is 20.5 Å². The van der Waals surface area contributed by atoms with Crippen molar-refractivity contribution in [1.29, 1.82) is 0 Å². The van der Waals surface area contributed by atoms with Crippen LogP contribution in [0.5, 0.6) is 5.75 Å². The molecule has 0 bridgehead atoms. The highest BCUT2D eigenvalue weighted by Gasteiger charge is 2.24. The van der Waals surface area contributed by atoms with Gasteiger partial charge in [-0.2, -0.15) is 5.10 Å². The van der Waals surface area contributed by atoms with Crippen molar-refractivity contribution in [3.8, 4) is 5.75 Å². The number of aliphatic imine (C=N–C) groups is 1. The highest BCUT2D eigenvalue weighted by Crippen LogP contribution is 2.19. The topological polar surface area (TPSA) is 83.7 Å². The van der Waals surface area contributed by atoms with Crippen LogP contribution in [0.2, 0.25) is 0 Å². The van der Waals surface area contributed by atoms with Gasteiger partial charge in [0.25, 0.3) is 0 Å². The van der Waals surface area contributed by atoms with E-state index >= 15 is 0 Å². The first-order chi connectivity index (χ1) is 12.4. The van der Waals surface area contributed by atoms with Gasteiger partial charge >= 0.3 is 0 Å². The van der Waals surface area contributed by atoms with E-state index < -0.39 is 5.60 Å². The van der Waals surface area contributed by atoms with E-state index in [1.165, 1.54) is 5.56 Å². The van der Waals surface area contributed by atoms with Gasteiger partial charge in [-0.05, 0) is 32.9 Å². The van der Waals surface area contributed by atoms with Gasteiger partial charge in [-0.25, -0.2) is 4.99 Å². The molecule has 0 saturated heterocycles. The van der Waals surface area contributed by atoms with E-state index in [0.29, 0.717) is 19.1 Å². The van der Waals surface area contributed by atoms with Crippen LogP contribution in [0.1, 0.15) is 25.0 Å². The van der Waals surface area contributed by atoms with E-state index in [9.17, 15) is 5.11 Å². The SMILES string of the molecule is CCNC(=NCC(C)(O)c1cnn(C)c1)NCCOc1ccc(C)cc1.I. The molecule has 1 heterocycles. The lowest BCUT2D eigenvalue weighted by molar-refractivity contribution is 0.0672. The molecule has 0 saturated carbocycles. The fourth-order valence-electron chi connectivity index (χ4n) is 2.34. The first-order valence-corrected chi connectivity index (χ1v) is 8.84. The van der Waals surface area contributed by atoms with Gasteiger partial charge in [0, 0.05) is 25.4 Å². The summed E-state index contributed by atoms with van der Waals surface area (Å²) in [4.78, 5) is 4.48. The molecule has 1 atom stereocenters. The summed E-state index contributed by atoms with van der Waals surface area (Å²) in [5, 5.41) is 21.1. The Morgan fingerprint density at radius 1 is 1.30 bits per heavy atom. The van der Waals surface area contributed by atoms with E-state index in [0.717, 1.165) is 17.9 Å². The number of nitrogens with one attached hydrogen (secondary N) is 2. The molecule has 2 rings (SSSR count). The molecule has 8 heteroatoms. The van der Waals surface area contributed by atoms with Crippen LogP contribution in [-0.4, -0.2) is 47.1 Å². The number of benzene rings is 1. The number of aromatic nitrogens is 2. The summed E-state index contributed by atoms with van der Waals surface area (Å²) in [6.07, 6.45) is 3.45. The molecule has 3 N–H and O–H groups in total. The van der Waals surface area contributed by atoms with Crippen LogP contribution in [0.4, 0.5) is 0 Å². The van der Waals surface area contributed by atoms with Gasteiger partial charge in [-0.3, -0.25) is 4.68 Å². The number of hydrogen-bond acceptors (Lipinski definition) is 4. The molecule has 7 nitrogen and oxygen atoms in total. The largest absolute Gasteiger partial charge is 0.492 e. The number of ether oxygens (including phenoxy) is 1. The maximum Gasteiger partial charge on any atom is 0.191 e. The lowest BCUT2D eigenvalue weighted by atomic mass is 10.0. The van der Waals surface area contributed by atoms with Gasteiger partial charge in [-0.1, -0.05) is 17.7 Å². The van der Waals surface area contributed by atoms with E-state index in [-0.39, 0.29) is 30.5 Å². The summed E-state index contributed by atoms with van der Waals surface area (Å²) in [7, 11) is 1.82. The summed E-state index contributed by atoms with van der Waals surface area (Å²) in [5.41, 5.74) is 0.870. The quantitative estimate of drug-likeness (QED) is 0.230. The Labute approximate surface area is 178 Å². The Hall–Kier alpha value is -1.81. The smallest absolute Gasteiger partial charge is 0.191 e. The highest BCUT2D eigenvalue weighted by atomic mass is 127. The van der Waals surface area contributed by atoms with Crippen LogP contribution < -0.4 is 15.4 Å². The van der Waals surface area contributed by atoms with E-state index in [2.05, 4.69) is 20.7 Å². The fraction of sp³-hybridized carbons (Fsp3) is 0.474. The Kier molecular flexibility index (Phi) is 9.57. The molecule has 1 aromatic carbocycles. The van der Waals surface area contributed by atoms with Crippen molar-refractivity contribution in [3.05, 3.63) is 47.8 Å². The molecule has 1 aromatic heterocycles. The Morgan fingerprint density at radius 3 is 2.59 bits per heavy atom. The molecule has 1 unspecified atom stereocenters. The highest BCUT2D eigenvalue weighted by molar-refractivity contribution is 14.0. The van der Waals surface area contributed by atoms with Crippen molar-refractivity contribution in [2.75, 3.05) is 26.2 Å². The molecule has 2 aromatic rings. The molecule has 0 spiro atoms. The lowest BCUT2D eigenvalue weighted by Crippen LogP contribution is -2.40. The second-order valence-electron chi connectivity index (χ2n) is 6.46. The number of halogens is 1. The lowest BCUT2D eigenvalue weighted by Gasteiger charge is -2.20.